The van der Waals surface area contributed by atoms with Crippen LogP contribution in [0.3, 0.4) is 0 Å². The lowest BCUT2D eigenvalue weighted by Gasteiger charge is -2.32. The third-order valence-corrected chi connectivity index (χ3v) is 4.48. The van der Waals surface area contributed by atoms with E-state index in [1.165, 1.54) is 0 Å². The van der Waals surface area contributed by atoms with Crippen molar-refractivity contribution in [3.63, 3.8) is 0 Å². The van der Waals surface area contributed by atoms with Crippen molar-refractivity contribution in [3.8, 4) is 11.5 Å². The first-order valence-electron chi connectivity index (χ1n) is 7.92. The van der Waals surface area contributed by atoms with Crippen molar-refractivity contribution < 1.29 is 14.3 Å². The normalized spacial score (nSPS) is 19.9. The van der Waals surface area contributed by atoms with Crippen LogP contribution in [0.15, 0.2) is 24.3 Å². The van der Waals surface area contributed by atoms with Crippen LogP contribution in [0.2, 0.25) is 0 Å². The first-order chi connectivity index (χ1) is 11.2. The Kier molecular flexibility index (Phi) is 3.44. The molecule has 2 aromatic rings. The summed E-state index contributed by atoms with van der Waals surface area (Å²) in [5, 5.41) is 7.34. The van der Waals surface area contributed by atoms with Crippen molar-refractivity contribution in [3.05, 3.63) is 41.2 Å². The second-order valence-corrected chi connectivity index (χ2v) is 6.11. The van der Waals surface area contributed by atoms with E-state index in [0.717, 1.165) is 30.8 Å². The fraction of sp³-hybridized carbons (Fsp3) is 0.412. The smallest absolute Gasteiger partial charge is 0.257 e. The highest BCUT2D eigenvalue weighted by Gasteiger charge is 2.30. The Bertz CT molecular complexity index is 740. The van der Waals surface area contributed by atoms with Crippen LogP contribution in [-0.2, 0) is 0 Å². The van der Waals surface area contributed by atoms with Crippen LogP contribution in [-0.4, -0.2) is 40.9 Å². The van der Waals surface area contributed by atoms with Crippen LogP contribution in [0.5, 0.6) is 11.5 Å². The van der Waals surface area contributed by atoms with Gasteiger partial charge in [-0.1, -0.05) is 6.07 Å². The zero-order valence-corrected chi connectivity index (χ0v) is 13.0. The van der Waals surface area contributed by atoms with Crippen molar-refractivity contribution >= 4 is 5.91 Å². The molecule has 0 saturated carbocycles. The van der Waals surface area contributed by atoms with Gasteiger partial charge in [0.05, 0.1) is 11.3 Å². The summed E-state index contributed by atoms with van der Waals surface area (Å²) < 4.78 is 10.8. The van der Waals surface area contributed by atoms with E-state index in [0.29, 0.717) is 23.6 Å². The Morgan fingerprint density at radius 3 is 3.13 bits per heavy atom. The molecule has 2 aliphatic rings. The monoisotopic (exact) mass is 313 g/mol. The van der Waals surface area contributed by atoms with Gasteiger partial charge in [-0.15, -0.1) is 0 Å². The molecule has 6 heteroatoms. The van der Waals surface area contributed by atoms with Crippen molar-refractivity contribution in [2.24, 2.45) is 0 Å². The van der Waals surface area contributed by atoms with Crippen molar-refractivity contribution in [1.82, 2.24) is 15.1 Å². The number of likely N-dealkylation sites (tertiary alicyclic amines) is 1. The minimum Gasteiger partial charge on any atom is -0.454 e. The zero-order valence-electron chi connectivity index (χ0n) is 13.0. The molecule has 1 N–H and O–H groups in total. The fourth-order valence-corrected chi connectivity index (χ4v) is 3.32. The molecule has 2 aliphatic heterocycles. The van der Waals surface area contributed by atoms with Crippen LogP contribution < -0.4 is 9.47 Å². The second kappa shape index (κ2) is 5.61. The number of aryl methyl sites for hydroxylation is 1. The predicted octanol–water partition coefficient (Wildman–Crippen LogP) is 2.47. The van der Waals surface area contributed by atoms with E-state index < -0.39 is 0 Å². The Morgan fingerprint density at radius 2 is 2.30 bits per heavy atom. The minimum absolute atomic E-state index is 0.00399. The summed E-state index contributed by atoms with van der Waals surface area (Å²) in [7, 11) is 0. The summed E-state index contributed by atoms with van der Waals surface area (Å²) in [5.74, 6) is 1.50. The van der Waals surface area contributed by atoms with Crippen LogP contribution in [0.1, 0.15) is 40.5 Å². The molecule has 1 aromatic carbocycles. The highest BCUT2D eigenvalue weighted by molar-refractivity contribution is 5.98. The number of amides is 1. The van der Waals surface area contributed by atoms with E-state index >= 15 is 0 Å². The number of carbonyl (C=O) groups excluding carboxylic acids is 1. The van der Waals surface area contributed by atoms with E-state index in [9.17, 15) is 4.79 Å². The Balaban J connectivity index is 1.56. The number of benzene rings is 1. The summed E-state index contributed by atoms with van der Waals surface area (Å²) in [6, 6.07) is 7.53. The maximum Gasteiger partial charge on any atom is 0.257 e. The quantitative estimate of drug-likeness (QED) is 0.925. The van der Waals surface area contributed by atoms with Gasteiger partial charge in [-0.25, -0.2) is 0 Å². The Labute approximate surface area is 134 Å². The molecule has 0 bridgehead atoms. The molecule has 1 fully saturated rings. The maximum absolute atomic E-state index is 12.9. The molecule has 3 heterocycles. The summed E-state index contributed by atoms with van der Waals surface area (Å²) in [5.41, 5.74) is 2.67. The Hall–Kier alpha value is -2.50. The van der Waals surface area contributed by atoms with E-state index in [4.69, 9.17) is 9.47 Å². The van der Waals surface area contributed by atoms with E-state index in [-0.39, 0.29) is 18.6 Å². The number of fused-ring (bicyclic) bond motifs is 1. The molecule has 0 aliphatic carbocycles. The molecule has 1 aromatic heterocycles. The van der Waals surface area contributed by atoms with Gasteiger partial charge >= 0.3 is 0 Å². The molecule has 1 atom stereocenters. The van der Waals surface area contributed by atoms with E-state index in [1.807, 2.05) is 24.0 Å². The van der Waals surface area contributed by atoms with Gasteiger partial charge in [-0.3, -0.25) is 9.89 Å². The molecule has 4 rings (SSSR count). The molecule has 1 saturated heterocycles. The zero-order chi connectivity index (χ0) is 15.8. The van der Waals surface area contributed by atoms with Gasteiger partial charge < -0.3 is 14.4 Å². The van der Waals surface area contributed by atoms with Gasteiger partial charge in [0.25, 0.3) is 5.91 Å². The van der Waals surface area contributed by atoms with E-state index in [2.05, 4.69) is 16.3 Å². The lowest BCUT2D eigenvalue weighted by atomic mass is 9.94. The molecule has 0 radical (unpaired) electrons. The first kappa shape index (κ1) is 14.1. The molecule has 1 amide bonds. The van der Waals surface area contributed by atoms with Crippen molar-refractivity contribution in [1.29, 1.82) is 0 Å². The van der Waals surface area contributed by atoms with Crippen LogP contribution in [0, 0.1) is 6.92 Å². The maximum atomic E-state index is 12.9. The third-order valence-electron chi connectivity index (χ3n) is 4.48. The summed E-state index contributed by atoms with van der Waals surface area (Å²) in [6.45, 7) is 3.62. The lowest BCUT2D eigenvalue weighted by molar-refractivity contribution is 0.0701. The van der Waals surface area contributed by atoms with Gasteiger partial charge in [-0.05, 0) is 38.0 Å². The number of nitrogens with one attached hydrogen (secondary N) is 1. The molecule has 6 nitrogen and oxygen atoms in total. The minimum atomic E-state index is 0.00399. The molecular weight excluding hydrogens is 294 g/mol. The molecule has 23 heavy (non-hydrogen) atoms. The summed E-state index contributed by atoms with van der Waals surface area (Å²) in [4.78, 5) is 14.8. The van der Waals surface area contributed by atoms with Gasteiger partial charge in [0, 0.05) is 24.7 Å². The number of hydrogen-bond donors (Lipinski definition) is 1. The number of aromatic nitrogens is 2. The molecule has 0 unspecified atom stereocenters. The number of aromatic amines is 1. The number of H-pyrrole nitrogens is 1. The average molecular weight is 313 g/mol. The van der Waals surface area contributed by atoms with Gasteiger partial charge in [0.15, 0.2) is 11.5 Å². The lowest BCUT2D eigenvalue weighted by Crippen LogP contribution is -2.39. The summed E-state index contributed by atoms with van der Waals surface area (Å²) in [6.07, 6.45) is 2.04. The average Bonchev–Trinajstić information content (AvgIpc) is 3.22. The van der Waals surface area contributed by atoms with Crippen molar-refractivity contribution in [2.45, 2.75) is 25.7 Å². The number of piperidine rings is 1. The number of hydrogen-bond acceptors (Lipinski definition) is 4. The third kappa shape index (κ3) is 2.54. The number of rotatable bonds is 2. The fourth-order valence-electron chi connectivity index (χ4n) is 3.32. The van der Waals surface area contributed by atoms with Gasteiger partial charge in [-0.2, -0.15) is 5.10 Å². The van der Waals surface area contributed by atoms with Gasteiger partial charge in [0.1, 0.15) is 0 Å². The molecular formula is C17H19N3O3. The standard InChI is InChI=1S/C17H19N3O3/c1-11-8-14(19-18-11)12-4-3-7-20(9-12)17(21)13-5-2-6-15-16(13)23-10-22-15/h2,5-6,8,12H,3-4,7,9-10H2,1H3,(H,18,19)/t12-/m0/s1. The Morgan fingerprint density at radius 1 is 1.39 bits per heavy atom. The van der Waals surface area contributed by atoms with Gasteiger partial charge in [0.2, 0.25) is 6.79 Å². The SMILES string of the molecule is Cc1cc([C@H]2CCCN(C(=O)c3cccc4c3OCO4)C2)n[nH]1. The van der Waals surface area contributed by atoms with Crippen LogP contribution in [0.4, 0.5) is 0 Å². The topological polar surface area (TPSA) is 67.5 Å². The highest BCUT2D eigenvalue weighted by atomic mass is 16.7. The summed E-state index contributed by atoms with van der Waals surface area (Å²) >= 11 is 0. The second-order valence-electron chi connectivity index (χ2n) is 6.11. The highest BCUT2D eigenvalue weighted by Crippen LogP contribution is 2.37. The van der Waals surface area contributed by atoms with Crippen LogP contribution in [0.25, 0.3) is 0 Å². The van der Waals surface area contributed by atoms with Crippen molar-refractivity contribution in [2.75, 3.05) is 19.9 Å². The van der Waals surface area contributed by atoms with E-state index in [1.54, 1.807) is 6.07 Å². The molecule has 0 spiro atoms. The number of nitrogens with zero attached hydrogens (tertiary/aromatic N) is 2. The number of para-hydroxylation sites is 1. The predicted molar refractivity (Wildman–Crippen MR) is 83.8 cm³/mol. The largest absolute Gasteiger partial charge is 0.454 e. The molecule has 120 valence electrons. The first-order valence-corrected chi connectivity index (χ1v) is 7.92. The van der Waals surface area contributed by atoms with Crippen LogP contribution >= 0.6 is 0 Å². The number of ether oxygens (including phenoxy) is 2. The number of carbonyl (C=O) groups is 1.